The van der Waals surface area contributed by atoms with Crippen molar-refractivity contribution in [1.82, 2.24) is 0 Å². The Morgan fingerprint density at radius 3 is 1.30 bits per heavy atom. The zero-order valence-electron chi connectivity index (χ0n) is 17.4. The van der Waals surface area contributed by atoms with Crippen molar-refractivity contribution in [3.8, 4) is 0 Å². The first kappa shape index (κ1) is 22.5. The van der Waals surface area contributed by atoms with Crippen LogP contribution < -0.4 is 0 Å². The number of halogens is 2. The molecule has 162 valence electrons. The van der Waals surface area contributed by atoms with Crippen LogP contribution in [0.5, 0.6) is 0 Å². The van der Waals surface area contributed by atoms with Crippen LogP contribution in [0.3, 0.4) is 0 Å². The zero-order valence-corrected chi connectivity index (χ0v) is 21.3. The highest BCUT2D eigenvalue weighted by molar-refractivity contribution is 8.54. The van der Waals surface area contributed by atoms with Crippen LogP contribution in [0.2, 0.25) is 0 Å². The fraction of sp³-hybridized carbons (Fsp3) is 0. The third-order valence-corrected chi connectivity index (χ3v) is 6.80. The molecule has 0 fully saturated rings. The summed E-state index contributed by atoms with van der Waals surface area (Å²) in [6.45, 7) is 0. The largest absolute Gasteiger partial charge is 0.135 e. The number of hydrogen-bond donors (Lipinski definition) is 0. The average molecular weight is 522 g/mol. The molecule has 0 nitrogen and oxygen atoms in total. The van der Waals surface area contributed by atoms with Gasteiger partial charge in [-0.2, -0.15) is 0 Å². The van der Waals surface area contributed by atoms with E-state index in [-0.39, 0.29) is 0 Å². The summed E-state index contributed by atoms with van der Waals surface area (Å²) in [5.41, 5.74) is 0. The van der Waals surface area contributed by atoms with Crippen LogP contribution >= 0.6 is 32.7 Å². The molecule has 0 amide bonds. The summed E-state index contributed by atoms with van der Waals surface area (Å²) >= 11 is 6.07. The summed E-state index contributed by atoms with van der Waals surface area (Å²) in [5, 5.41) is 10.9. The Bertz CT molecular complexity index is 1600. The number of hydrogen-bond acceptors (Lipinski definition) is 2. The molecule has 5 heteroatoms. The lowest BCUT2D eigenvalue weighted by molar-refractivity contribution is 1.76. The summed E-state index contributed by atoms with van der Waals surface area (Å²) in [7, 11) is 8.93. The lowest BCUT2D eigenvalue weighted by atomic mass is 10.0. The van der Waals surface area contributed by atoms with Gasteiger partial charge in [-0.1, -0.05) is 97.1 Å². The highest BCUT2D eigenvalue weighted by atomic mass is 36.0. The molecule has 0 spiro atoms. The Hall–Kier alpha value is -2.27. The topological polar surface area (TPSA) is 0 Å². The van der Waals surface area contributed by atoms with Gasteiger partial charge < -0.3 is 0 Å². The smallest absolute Gasteiger partial charge is 0.0639 e. The van der Waals surface area contributed by atoms with Gasteiger partial charge in [0.1, 0.15) is 0 Å². The Morgan fingerprint density at radius 1 is 0.485 bits per heavy atom. The molecule has 7 aromatic rings. The summed E-state index contributed by atoms with van der Waals surface area (Å²) in [4.78, 5) is 0. The molecule has 0 atom stereocenters. The Labute approximate surface area is 212 Å². The van der Waals surface area contributed by atoms with Crippen molar-refractivity contribution in [2.45, 2.75) is 0 Å². The lowest BCUT2D eigenvalue weighted by Crippen LogP contribution is -1.75. The highest BCUT2D eigenvalue weighted by Crippen LogP contribution is 2.39. The van der Waals surface area contributed by atoms with Crippen molar-refractivity contribution in [3.63, 3.8) is 0 Å². The maximum atomic E-state index is 4.88. The molecule has 7 rings (SSSR count). The molecule has 33 heavy (non-hydrogen) atoms. The first-order chi connectivity index (χ1) is 16.1. The van der Waals surface area contributed by atoms with Crippen LogP contribution in [-0.4, -0.2) is 0 Å². The first-order valence-corrected chi connectivity index (χ1v) is 15.0. The minimum atomic E-state index is -0.833. The van der Waals surface area contributed by atoms with Gasteiger partial charge in [-0.05, 0) is 77.0 Å². The van der Waals surface area contributed by atoms with Gasteiger partial charge in [0.2, 0.25) is 0 Å². The van der Waals surface area contributed by atoms with Crippen LogP contribution in [0.25, 0.3) is 52.5 Å². The highest BCUT2D eigenvalue weighted by Gasteiger charge is 2.09. The van der Waals surface area contributed by atoms with E-state index in [2.05, 4.69) is 120 Å². The normalized spacial score (nSPS) is 11.1. The quantitative estimate of drug-likeness (QED) is 0.141. The molecule has 0 N–H and O–H groups in total. The molecular weight excluding hydrogens is 503 g/mol. The molecule has 0 unspecified atom stereocenters. The zero-order chi connectivity index (χ0) is 22.8. The minimum Gasteiger partial charge on any atom is -0.135 e. The molecule has 0 bridgehead atoms. The van der Waals surface area contributed by atoms with E-state index in [4.69, 9.17) is 21.4 Å². The van der Waals surface area contributed by atoms with E-state index < -0.39 is 7.88 Å². The van der Waals surface area contributed by atoms with E-state index in [1.165, 1.54) is 52.5 Å². The fourth-order valence-electron chi connectivity index (χ4n) is 4.33. The van der Waals surface area contributed by atoms with Gasteiger partial charge in [0, 0.05) is 20.2 Å². The Kier molecular flexibility index (Phi) is 6.77. The molecule has 0 aliphatic rings. The number of rotatable bonds is 0. The molecule has 0 aliphatic heterocycles. The predicted octanol–water partition coefficient (Wildman–Crippen LogP) is 10.0. The third kappa shape index (κ3) is 4.70. The fourth-order valence-corrected chi connectivity index (χ4v) is 5.51. The predicted molar refractivity (Wildman–Crippen MR) is 156 cm³/mol. The Morgan fingerprint density at radius 2 is 0.848 bits per heavy atom. The van der Waals surface area contributed by atoms with Crippen molar-refractivity contribution in [2.24, 2.45) is 0 Å². The summed E-state index contributed by atoms with van der Waals surface area (Å²) in [6, 6.07) is 38.9. The van der Waals surface area contributed by atoms with Crippen LogP contribution in [0, 0.1) is 0 Å². The van der Waals surface area contributed by atoms with Crippen LogP contribution in [0.1, 0.15) is 0 Å². The molecular formula is C28H18Cl2S3. The van der Waals surface area contributed by atoms with E-state index in [9.17, 15) is 0 Å². The lowest BCUT2D eigenvalue weighted by Gasteiger charge is -2.02. The van der Waals surface area contributed by atoms with Gasteiger partial charge in [-0.3, -0.25) is 0 Å². The molecule has 0 aliphatic carbocycles. The van der Waals surface area contributed by atoms with Gasteiger partial charge in [-0.25, -0.2) is 0 Å². The van der Waals surface area contributed by atoms with Crippen molar-refractivity contribution >= 4 is 104 Å². The van der Waals surface area contributed by atoms with Gasteiger partial charge in [-0.15, -0.1) is 11.3 Å². The van der Waals surface area contributed by atoms with Crippen LogP contribution in [0.4, 0.5) is 0 Å². The molecule has 1 aromatic heterocycles. The molecule has 1 heterocycles. The number of fused-ring (bicyclic) bond motifs is 3. The SMILES string of the molecule is S=S(Cl)Cl.c1cc2ccc3cccc4sc(c1)c2c34.c1ccc2c(c1)ccc1ccccc12. The molecule has 0 radical (unpaired) electrons. The Balaban J connectivity index is 0.000000120. The maximum Gasteiger partial charge on any atom is 0.0639 e. The van der Waals surface area contributed by atoms with Gasteiger partial charge in [0.25, 0.3) is 0 Å². The van der Waals surface area contributed by atoms with Crippen LogP contribution in [0.15, 0.2) is 109 Å². The maximum absolute atomic E-state index is 4.88. The van der Waals surface area contributed by atoms with Gasteiger partial charge in [0.05, 0.1) is 7.88 Å². The van der Waals surface area contributed by atoms with E-state index in [0.717, 1.165) is 0 Å². The monoisotopic (exact) mass is 520 g/mol. The van der Waals surface area contributed by atoms with Crippen molar-refractivity contribution in [1.29, 1.82) is 0 Å². The minimum absolute atomic E-state index is 0.833. The van der Waals surface area contributed by atoms with Crippen molar-refractivity contribution in [2.75, 3.05) is 0 Å². The second-order valence-corrected chi connectivity index (χ2v) is 13.4. The average Bonchev–Trinajstić information content (AvgIpc) is 3.23. The number of thiophene rings is 1. The third-order valence-electron chi connectivity index (χ3n) is 5.68. The second-order valence-electron chi connectivity index (χ2n) is 7.57. The van der Waals surface area contributed by atoms with Gasteiger partial charge in [0.15, 0.2) is 0 Å². The molecule has 6 aromatic carbocycles. The summed E-state index contributed by atoms with van der Waals surface area (Å²) in [6.07, 6.45) is 0. The summed E-state index contributed by atoms with van der Waals surface area (Å²) < 4.78 is 2.80. The van der Waals surface area contributed by atoms with Crippen molar-refractivity contribution in [3.05, 3.63) is 109 Å². The standard InChI is InChI=1S/C14H8S.C14H10.Cl2S2/c1-3-9-7-8-10-4-2-6-12-14(10)13(9)11(5-1)15-12;1-3-7-13-11(5-1)9-10-12-6-2-4-8-14(12)13;1-4(2)3/h1-8H;1-10H;. The summed E-state index contributed by atoms with van der Waals surface area (Å²) in [5.74, 6) is 0. The van der Waals surface area contributed by atoms with Crippen molar-refractivity contribution < 1.29 is 0 Å². The van der Waals surface area contributed by atoms with Crippen LogP contribution in [-0.2, 0) is 19.1 Å². The van der Waals surface area contributed by atoms with E-state index in [0.29, 0.717) is 0 Å². The molecule has 0 saturated carbocycles. The second kappa shape index (κ2) is 9.92. The molecule has 0 saturated heterocycles. The van der Waals surface area contributed by atoms with E-state index in [1.807, 2.05) is 11.3 Å². The van der Waals surface area contributed by atoms with E-state index >= 15 is 0 Å². The van der Waals surface area contributed by atoms with E-state index in [1.54, 1.807) is 0 Å². The van der Waals surface area contributed by atoms with Gasteiger partial charge >= 0.3 is 0 Å². The first-order valence-electron chi connectivity index (χ1n) is 10.3. The number of benzene rings is 6.